The Hall–Kier alpha value is -0.920. The Labute approximate surface area is 199 Å². The van der Waals surface area contributed by atoms with Crippen LogP contribution in [0.2, 0.25) is 0 Å². The number of aliphatic hydroxyl groups is 1. The molecule has 1 saturated heterocycles. The molecule has 1 amide bonds. The number of fused-ring (bicyclic) bond motifs is 3. The topological polar surface area (TPSA) is 92.7 Å². The van der Waals surface area contributed by atoms with Crippen molar-refractivity contribution in [1.29, 1.82) is 0 Å². The molecule has 1 aromatic carbocycles. The molecular formula is C23H29N2NaO4. The summed E-state index contributed by atoms with van der Waals surface area (Å²) in [6, 6.07) is 9.92. The van der Waals surface area contributed by atoms with Crippen LogP contribution >= 0.6 is 0 Å². The molecule has 7 heteroatoms. The zero-order valence-corrected chi connectivity index (χ0v) is 19.7. The largest absolute Gasteiger partial charge is 1.00 e. The van der Waals surface area contributed by atoms with E-state index in [1.54, 1.807) is 0 Å². The van der Waals surface area contributed by atoms with Gasteiger partial charge < -0.3 is 20.3 Å². The van der Waals surface area contributed by atoms with Gasteiger partial charge in [-0.15, -0.1) is 0 Å². The van der Waals surface area contributed by atoms with Crippen LogP contribution in [0.25, 0.3) is 0 Å². The van der Waals surface area contributed by atoms with Gasteiger partial charge in [0.2, 0.25) is 5.91 Å². The van der Waals surface area contributed by atoms with E-state index in [1.807, 2.05) is 30.3 Å². The molecule has 2 N–H and O–H groups in total. The van der Waals surface area contributed by atoms with Gasteiger partial charge in [0.15, 0.2) is 0 Å². The molecule has 4 aliphatic rings. The standard InChI is InChI=1S/C23H30N2O4.Na/c26-19(24-13-23(29)11-17-6-7-18(23)10-17)21-8-9-22(21,20(27)28)15-25(14-21)12-16-4-2-1-3-5-16;/h1-5,17-18,29H,6-15H2,(H,24,26)(H,27,28);/q;+1/p-1/t17-,18+,21-,22+,23-;/m1./s1. The molecule has 1 aromatic rings. The van der Waals surface area contributed by atoms with E-state index in [9.17, 15) is 19.8 Å². The summed E-state index contributed by atoms with van der Waals surface area (Å²) in [5, 5.41) is 26.1. The van der Waals surface area contributed by atoms with Crippen molar-refractivity contribution in [2.24, 2.45) is 22.7 Å². The van der Waals surface area contributed by atoms with Gasteiger partial charge in [0.25, 0.3) is 0 Å². The average Bonchev–Trinajstić information content (AvgIpc) is 3.33. The molecule has 4 fully saturated rings. The van der Waals surface area contributed by atoms with E-state index in [2.05, 4.69) is 10.2 Å². The van der Waals surface area contributed by atoms with E-state index >= 15 is 0 Å². The number of carboxylic acids is 1. The first-order chi connectivity index (χ1) is 13.9. The minimum atomic E-state index is -1.12. The minimum absolute atomic E-state index is 0. The molecule has 5 atom stereocenters. The van der Waals surface area contributed by atoms with E-state index in [0.717, 1.165) is 24.8 Å². The Morgan fingerprint density at radius 1 is 1.13 bits per heavy atom. The van der Waals surface area contributed by atoms with E-state index in [0.29, 0.717) is 38.4 Å². The Kier molecular flexibility index (Phi) is 5.86. The van der Waals surface area contributed by atoms with E-state index in [-0.39, 0.29) is 47.9 Å². The number of rotatable bonds is 6. The fourth-order valence-electron chi connectivity index (χ4n) is 6.76. The van der Waals surface area contributed by atoms with Gasteiger partial charge in [-0.25, -0.2) is 0 Å². The van der Waals surface area contributed by atoms with Crippen LogP contribution in [0.5, 0.6) is 0 Å². The van der Waals surface area contributed by atoms with Gasteiger partial charge in [-0.2, -0.15) is 0 Å². The molecular weight excluding hydrogens is 391 g/mol. The second-order valence-electron chi connectivity index (χ2n) is 9.95. The molecule has 30 heavy (non-hydrogen) atoms. The molecule has 5 rings (SSSR count). The van der Waals surface area contributed by atoms with Crippen LogP contribution in [-0.2, 0) is 16.1 Å². The number of likely N-dealkylation sites (tertiary alicyclic amines) is 1. The predicted octanol–water partition coefficient (Wildman–Crippen LogP) is -2.31. The van der Waals surface area contributed by atoms with Gasteiger partial charge in [0.05, 0.1) is 11.0 Å². The summed E-state index contributed by atoms with van der Waals surface area (Å²) in [6.07, 6.45) is 5.02. The number of carbonyl (C=O) groups excluding carboxylic acids is 2. The first kappa shape index (κ1) is 22.3. The number of carboxylic acid groups (broad SMARTS) is 1. The van der Waals surface area contributed by atoms with Crippen molar-refractivity contribution in [3.05, 3.63) is 35.9 Å². The zero-order valence-electron chi connectivity index (χ0n) is 17.7. The molecule has 2 bridgehead atoms. The summed E-state index contributed by atoms with van der Waals surface area (Å²) >= 11 is 0. The second kappa shape index (κ2) is 7.89. The number of amides is 1. The number of nitrogens with one attached hydrogen (secondary N) is 1. The Bertz CT molecular complexity index is 836. The van der Waals surface area contributed by atoms with Crippen LogP contribution in [0.1, 0.15) is 44.1 Å². The molecule has 156 valence electrons. The third kappa shape index (κ3) is 3.27. The molecule has 0 unspecified atom stereocenters. The van der Waals surface area contributed by atoms with Crippen LogP contribution < -0.4 is 40.0 Å². The predicted molar refractivity (Wildman–Crippen MR) is 104 cm³/mol. The van der Waals surface area contributed by atoms with E-state index in [1.165, 1.54) is 6.42 Å². The molecule has 1 aliphatic heterocycles. The fourth-order valence-corrected chi connectivity index (χ4v) is 6.76. The van der Waals surface area contributed by atoms with Gasteiger partial charge in [-0.05, 0) is 55.9 Å². The van der Waals surface area contributed by atoms with Crippen molar-refractivity contribution >= 4 is 11.9 Å². The van der Waals surface area contributed by atoms with Gasteiger partial charge in [0.1, 0.15) is 0 Å². The Balaban J connectivity index is 0.00000218. The summed E-state index contributed by atoms with van der Waals surface area (Å²) in [5.41, 5.74) is -1.79. The minimum Gasteiger partial charge on any atom is -0.549 e. The molecule has 6 nitrogen and oxygen atoms in total. The number of aliphatic carboxylic acids is 1. The van der Waals surface area contributed by atoms with Crippen LogP contribution in [0, 0.1) is 22.7 Å². The first-order valence-electron chi connectivity index (χ1n) is 10.9. The molecule has 3 saturated carbocycles. The van der Waals surface area contributed by atoms with E-state index < -0.39 is 22.4 Å². The van der Waals surface area contributed by atoms with Crippen molar-refractivity contribution in [2.45, 2.75) is 50.7 Å². The summed E-state index contributed by atoms with van der Waals surface area (Å²) < 4.78 is 0. The number of hydrogen-bond acceptors (Lipinski definition) is 5. The van der Waals surface area contributed by atoms with E-state index in [4.69, 9.17) is 0 Å². The summed E-state index contributed by atoms with van der Waals surface area (Å²) in [6.45, 7) is 1.62. The van der Waals surface area contributed by atoms with Crippen molar-refractivity contribution in [2.75, 3.05) is 19.6 Å². The molecule has 0 spiro atoms. The normalized spacial score (nSPS) is 39.1. The van der Waals surface area contributed by atoms with Crippen LogP contribution in [0.4, 0.5) is 0 Å². The maximum atomic E-state index is 13.3. The van der Waals surface area contributed by atoms with Crippen molar-refractivity contribution in [3.63, 3.8) is 0 Å². The third-order valence-electron chi connectivity index (χ3n) is 8.45. The number of carbonyl (C=O) groups is 2. The first-order valence-corrected chi connectivity index (χ1v) is 10.9. The zero-order chi connectivity index (χ0) is 20.3. The summed E-state index contributed by atoms with van der Waals surface area (Å²) in [7, 11) is 0. The number of nitrogens with zero attached hydrogens (tertiary/aromatic N) is 1. The number of hydrogen-bond donors (Lipinski definition) is 2. The molecule has 0 aromatic heterocycles. The Morgan fingerprint density at radius 3 is 2.40 bits per heavy atom. The van der Waals surface area contributed by atoms with Gasteiger partial charge >= 0.3 is 29.6 Å². The monoisotopic (exact) mass is 420 g/mol. The quantitative estimate of drug-likeness (QED) is 0.505. The average molecular weight is 420 g/mol. The van der Waals surface area contributed by atoms with Crippen molar-refractivity contribution in [1.82, 2.24) is 10.2 Å². The van der Waals surface area contributed by atoms with Crippen LogP contribution in [0.3, 0.4) is 0 Å². The molecule has 1 heterocycles. The van der Waals surface area contributed by atoms with Crippen molar-refractivity contribution < 1.29 is 49.4 Å². The van der Waals surface area contributed by atoms with Crippen LogP contribution in [-0.4, -0.2) is 47.1 Å². The van der Waals surface area contributed by atoms with Crippen molar-refractivity contribution in [3.8, 4) is 0 Å². The van der Waals surface area contributed by atoms with Crippen LogP contribution in [0.15, 0.2) is 30.3 Å². The third-order valence-corrected chi connectivity index (χ3v) is 8.45. The second-order valence-corrected chi connectivity index (χ2v) is 9.95. The Morgan fingerprint density at radius 2 is 1.83 bits per heavy atom. The van der Waals surface area contributed by atoms with Gasteiger partial charge in [0, 0.05) is 37.6 Å². The van der Waals surface area contributed by atoms with Gasteiger partial charge in [-0.3, -0.25) is 9.69 Å². The SMILES string of the molecule is O=C([O-])[C@@]12CC[C@]1(C(=O)NC[C@]1(O)C[C@@H]3CC[C@H]1C3)CN(Cc1ccccc1)C2.[Na+]. The number of benzene rings is 1. The summed E-state index contributed by atoms with van der Waals surface area (Å²) in [5.74, 6) is -0.512. The fraction of sp³-hybridized carbons (Fsp3) is 0.652. The molecule has 3 aliphatic carbocycles. The smallest absolute Gasteiger partial charge is 0.549 e. The summed E-state index contributed by atoms with van der Waals surface area (Å²) in [4.78, 5) is 27.5. The molecule has 0 radical (unpaired) electrons. The van der Waals surface area contributed by atoms with Gasteiger partial charge in [-0.1, -0.05) is 30.3 Å². The maximum absolute atomic E-state index is 13.3. The maximum Gasteiger partial charge on any atom is 1.00 e.